The Balaban J connectivity index is 1.43. The molecule has 0 radical (unpaired) electrons. The van der Waals surface area contributed by atoms with E-state index in [9.17, 15) is 4.79 Å². The minimum Gasteiger partial charge on any atom is -0.494 e. The third kappa shape index (κ3) is 4.45. The molecule has 1 aliphatic carbocycles. The van der Waals surface area contributed by atoms with Crippen molar-refractivity contribution in [3.05, 3.63) is 94.1 Å². The maximum atomic E-state index is 14.1. The van der Waals surface area contributed by atoms with Gasteiger partial charge in [0.2, 0.25) is 0 Å². The summed E-state index contributed by atoms with van der Waals surface area (Å²) in [6, 6.07) is 20.1. The number of rotatable bonds is 5. The predicted octanol–water partition coefficient (Wildman–Crippen LogP) is 7.02. The Morgan fingerprint density at radius 1 is 1.03 bits per heavy atom. The summed E-state index contributed by atoms with van der Waals surface area (Å²) in [6.07, 6.45) is 6.84. The molecular weight excluding hydrogens is 492 g/mol. The summed E-state index contributed by atoms with van der Waals surface area (Å²) in [5.74, 6) is 0.798. The molecule has 0 bridgehead atoms. The molecule has 0 fully saturated rings. The van der Waals surface area contributed by atoms with Crippen molar-refractivity contribution in [3.8, 4) is 10.8 Å². The maximum Gasteiger partial charge on any atom is 0.322 e. The Hall–Kier alpha value is -3.71. The van der Waals surface area contributed by atoms with Crippen molar-refractivity contribution in [1.29, 1.82) is 0 Å². The van der Waals surface area contributed by atoms with Crippen LogP contribution in [0, 0.1) is 0 Å². The lowest BCUT2D eigenvalue weighted by molar-refractivity contribution is 0.194. The molecule has 7 heteroatoms. The number of ether oxygens (including phenoxy) is 1. The van der Waals surface area contributed by atoms with E-state index in [0.717, 1.165) is 41.2 Å². The molecule has 196 valence electrons. The van der Waals surface area contributed by atoms with E-state index in [1.54, 1.807) is 0 Å². The molecular formula is C31H34N4O2S. The first-order chi connectivity index (χ1) is 18.5. The standard InChI is InChI=1S/C31H34N4O2S/c1-4-37-24-17-13-22(14-18-24)32-31(36)35-20-26-25-8-5-6-10-28(25)38-30(26)34-19-7-9-27(34)29(35)21-11-15-23(16-12-21)33(2)3/h7,9,11-19,29H,4-6,8,10,20H2,1-3H3,(H,32,36)/t29-/m0/s1. The molecule has 38 heavy (non-hydrogen) atoms. The number of hydrogen-bond donors (Lipinski definition) is 1. The third-order valence-corrected chi connectivity index (χ3v) is 8.91. The van der Waals surface area contributed by atoms with Crippen LogP contribution in [0.15, 0.2) is 66.9 Å². The van der Waals surface area contributed by atoms with Crippen molar-refractivity contribution < 1.29 is 9.53 Å². The normalized spacial score (nSPS) is 16.2. The van der Waals surface area contributed by atoms with E-state index >= 15 is 0 Å². The van der Waals surface area contributed by atoms with Gasteiger partial charge in [0.1, 0.15) is 10.8 Å². The molecule has 1 atom stereocenters. The van der Waals surface area contributed by atoms with Gasteiger partial charge in [-0.05, 0) is 92.3 Å². The number of nitrogens with zero attached hydrogens (tertiary/aromatic N) is 3. The van der Waals surface area contributed by atoms with E-state index in [-0.39, 0.29) is 12.1 Å². The molecule has 4 aromatic rings. The minimum atomic E-state index is -0.220. The highest BCUT2D eigenvalue weighted by molar-refractivity contribution is 7.15. The Bertz CT molecular complexity index is 1440. The molecule has 1 aliphatic heterocycles. The fourth-order valence-corrected chi connectivity index (χ4v) is 7.09. The monoisotopic (exact) mass is 526 g/mol. The molecule has 1 N–H and O–H groups in total. The van der Waals surface area contributed by atoms with Gasteiger partial charge in [-0.3, -0.25) is 0 Å². The van der Waals surface area contributed by atoms with E-state index in [2.05, 4.69) is 57.4 Å². The number of benzene rings is 2. The zero-order valence-electron chi connectivity index (χ0n) is 22.2. The number of nitrogens with one attached hydrogen (secondary N) is 1. The van der Waals surface area contributed by atoms with Crippen LogP contribution in [0.2, 0.25) is 0 Å². The predicted molar refractivity (Wildman–Crippen MR) is 155 cm³/mol. The molecule has 2 aliphatic rings. The summed E-state index contributed by atoms with van der Waals surface area (Å²) >= 11 is 1.91. The molecule has 3 heterocycles. The first-order valence-corrected chi connectivity index (χ1v) is 14.2. The Morgan fingerprint density at radius 2 is 1.79 bits per heavy atom. The van der Waals surface area contributed by atoms with Gasteiger partial charge in [-0.1, -0.05) is 12.1 Å². The summed E-state index contributed by atoms with van der Waals surface area (Å²) in [4.78, 5) is 19.7. The number of hydrogen-bond acceptors (Lipinski definition) is 4. The van der Waals surface area contributed by atoms with Gasteiger partial charge in [-0.2, -0.15) is 0 Å². The molecule has 6 rings (SSSR count). The highest BCUT2D eigenvalue weighted by atomic mass is 32.1. The smallest absolute Gasteiger partial charge is 0.322 e. The second kappa shape index (κ2) is 10.2. The van der Waals surface area contributed by atoms with Gasteiger partial charge in [-0.25, -0.2) is 4.79 Å². The van der Waals surface area contributed by atoms with Crippen molar-refractivity contribution >= 4 is 28.7 Å². The van der Waals surface area contributed by atoms with Crippen LogP contribution in [0.5, 0.6) is 5.75 Å². The van der Waals surface area contributed by atoms with Gasteiger partial charge >= 0.3 is 6.03 Å². The average Bonchev–Trinajstić information content (AvgIpc) is 3.52. The van der Waals surface area contributed by atoms with Gasteiger partial charge in [0, 0.05) is 42.1 Å². The van der Waals surface area contributed by atoms with Crippen molar-refractivity contribution in [3.63, 3.8) is 0 Å². The Labute approximate surface area is 228 Å². The van der Waals surface area contributed by atoms with Crippen molar-refractivity contribution in [2.45, 2.75) is 45.2 Å². The van der Waals surface area contributed by atoms with Crippen LogP contribution >= 0.6 is 11.3 Å². The lowest BCUT2D eigenvalue weighted by atomic mass is 9.95. The van der Waals surface area contributed by atoms with Gasteiger partial charge in [0.25, 0.3) is 0 Å². The van der Waals surface area contributed by atoms with E-state index in [4.69, 9.17) is 4.74 Å². The highest BCUT2D eigenvalue weighted by Crippen LogP contribution is 2.44. The Morgan fingerprint density at radius 3 is 2.53 bits per heavy atom. The van der Waals surface area contributed by atoms with Gasteiger partial charge in [-0.15, -0.1) is 11.3 Å². The zero-order valence-corrected chi connectivity index (χ0v) is 23.1. The molecule has 2 amide bonds. The van der Waals surface area contributed by atoms with Crippen LogP contribution in [0.4, 0.5) is 16.2 Å². The number of thiophene rings is 1. The fourth-order valence-electron chi connectivity index (χ4n) is 5.69. The second-order valence-electron chi connectivity index (χ2n) is 10.2. The van der Waals surface area contributed by atoms with Crippen LogP contribution in [-0.4, -0.2) is 36.2 Å². The molecule has 0 saturated carbocycles. The topological polar surface area (TPSA) is 49.7 Å². The lowest BCUT2D eigenvalue weighted by Gasteiger charge is -2.31. The zero-order chi connectivity index (χ0) is 26.2. The van der Waals surface area contributed by atoms with E-state index < -0.39 is 0 Å². The van der Waals surface area contributed by atoms with Crippen LogP contribution in [0.3, 0.4) is 0 Å². The first-order valence-electron chi connectivity index (χ1n) is 13.4. The van der Waals surface area contributed by atoms with Crippen LogP contribution < -0.4 is 15.0 Å². The quantitative estimate of drug-likeness (QED) is 0.304. The first kappa shape index (κ1) is 24.6. The highest BCUT2D eigenvalue weighted by Gasteiger charge is 2.36. The summed E-state index contributed by atoms with van der Waals surface area (Å²) in [5, 5.41) is 4.45. The summed E-state index contributed by atoms with van der Waals surface area (Å²) in [7, 11) is 4.09. The number of anilines is 2. The number of aromatic nitrogens is 1. The minimum absolute atomic E-state index is 0.104. The number of urea groups is 1. The van der Waals surface area contributed by atoms with Crippen molar-refractivity contribution in [2.75, 3.05) is 30.9 Å². The maximum absolute atomic E-state index is 14.1. The van der Waals surface area contributed by atoms with Crippen LogP contribution in [-0.2, 0) is 19.4 Å². The van der Waals surface area contributed by atoms with Gasteiger partial charge in [0.15, 0.2) is 0 Å². The second-order valence-corrected chi connectivity index (χ2v) is 11.3. The molecule has 2 aromatic carbocycles. The van der Waals surface area contributed by atoms with Crippen molar-refractivity contribution in [2.24, 2.45) is 0 Å². The lowest BCUT2D eigenvalue weighted by Crippen LogP contribution is -2.38. The number of fused-ring (bicyclic) bond motifs is 5. The van der Waals surface area contributed by atoms with E-state index in [1.165, 1.54) is 33.8 Å². The fraction of sp³-hybridized carbons (Fsp3) is 0.323. The molecule has 0 saturated heterocycles. The number of carbonyl (C=O) groups is 1. The van der Waals surface area contributed by atoms with Crippen molar-refractivity contribution in [1.82, 2.24) is 9.47 Å². The van der Waals surface area contributed by atoms with Crippen LogP contribution in [0.1, 0.15) is 53.1 Å². The summed E-state index contributed by atoms with van der Waals surface area (Å²) < 4.78 is 7.91. The largest absolute Gasteiger partial charge is 0.494 e. The van der Waals surface area contributed by atoms with Gasteiger partial charge < -0.3 is 24.4 Å². The number of aryl methyl sites for hydroxylation is 1. The molecule has 0 unspecified atom stereocenters. The Kier molecular flexibility index (Phi) is 6.62. The summed E-state index contributed by atoms with van der Waals surface area (Å²) in [6.45, 7) is 3.15. The van der Waals surface area contributed by atoms with E-state index in [0.29, 0.717) is 13.2 Å². The number of carbonyl (C=O) groups excluding carboxylic acids is 1. The number of amides is 2. The summed E-state index contributed by atoms with van der Waals surface area (Å²) in [5.41, 5.74) is 6.86. The van der Waals surface area contributed by atoms with Crippen LogP contribution in [0.25, 0.3) is 5.00 Å². The molecule has 6 nitrogen and oxygen atoms in total. The molecule has 2 aromatic heterocycles. The third-order valence-electron chi connectivity index (χ3n) is 7.58. The van der Waals surface area contributed by atoms with E-state index in [1.807, 2.05) is 61.5 Å². The average molecular weight is 527 g/mol. The SMILES string of the molecule is CCOc1ccc(NC(=O)N2Cc3c(sc4c3CCCC4)-n3cccc3[C@@H]2c2ccc(N(C)C)cc2)cc1. The van der Waals surface area contributed by atoms with Gasteiger partial charge in [0.05, 0.1) is 24.9 Å². The molecule has 0 spiro atoms.